The molecule has 0 aliphatic heterocycles. The maximum Gasteiger partial charge on any atom is 0.0718 e. The zero-order chi connectivity index (χ0) is 16.5. The van der Waals surface area contributed by atoms with Crippen LogP contribution in [0, 0.1) is 0 Å². The minimum Gasteiger partial charge on any atom is -0.392 e. The number of allylic oxidation sites excluding steroid dienone is 3. The van der Waals surface area contributed by atoms with Gasteiger partial charge in [0.2, 0.25) is 0 Å². The zero-order valence-corrected chi connectivity index (χ0v) is 14.6. The molecule has 1 unspecified atom stereocenters. The van der Waals surface area contributed by atoms with E-state index in [0.717, 1.165) is 25.7 Å². The molecule has 0 bridgehead atoms. The number of hydrogen-bond acceptors (Lipinski definition) is 2. The Bertz CT molecular complexity index is 286. The second-order valence-electron chi connectivity index (χ2n) is 5.71. The topological polar surface area (TPSA) is 40.5 Å². The van der Waals surface area contributed by atoms with Gasteiger partial charge in [0.05, 0.1) is 12.7 Å². The van der Waals surface area contributed by atoms with Crippen LogP contribution in [-0.2, 0) is 0 Å². The summed E-state index contributed by atoms with van der Waals surface area (Å²) in [6.07, 6.45) is 13.3. The van der Waals surface area contributed by atoms with Gasteiger partial charge in [-0.1, -0.05) is 62.0 Å². The van der Waals surface area contributed by atoms with Crippen LogP contribution in [0.25, 0.3) is 0 Å². The van der Waals surface area contributed by atoms with Gasteiger partial charge in [-0.05, 0) is 40.0 Å². The first-order chi connectivity index (χ1) is 9.97. The lowest BCUT2D eigenvalue weighted by atomic mass is 10.1. The average Bonchev–Trinajstić information content (AvgIpc) is 2.44. The van der Waals surface area contributed by atoms with Crippen molar-refractivity contribution in [3.05, 3.63) is 36.0 Å². The van der Waals surface area contributed by atoms with Crippen LogP contribution in [0.1, 0.15) is 72.6 Å². The summed E-state index contributed by atoms with van der Waals surface area (Å²) in [7, 11) is 0. The summed E-state index contributed by atoms with van der Waals surface area (Å²) in [6.45, 7) is 12.1. The molecule has 0 saturated heterocycles. The van der Waals surface area contributed by atoms with Crippen LogP contribution in [0.4, 0.5) is 0 Å². The van der Waals surface area contributed by atoms with E-state index in [2.05, 4.69) is 40.3 Å². The minimum absolute atomic E-state index is 0.167. The van der Waals surface area contributed by atoms with E-state index >= 15 is 0 Å². The van der Waals surface area contributed by atoms with Gasteiger partial charge in [-0.15, -0.1) is 6.58 Å². The Labute approximate surface area is 132 Å². The van der Waals surface area contributed by atoms with E-state index in [1.807, 2.05) is 6.08 Å². The third-order valence-corrected chi connectivity index (χ3v) is 3.16. The van der Waals surface area contributed by atoms with E-state index in [1.54, 1.807) is 6.08 Å². The molecule has 2 heteroatoms. The van der Waals surface area contributed by atoms with Crippen LogP contribution in [0.3, 0.4) is 0 Å². The van der Waals surface area contributed by atoms with Crippen LogP contribution in [0.2, 0.25) is 0 Å². The van der Waals surface area contributed by atoms with Gasteiger partial charge in [0.25, 0.3) is 0 Å². The lowest BCUT2D eigenvalue weighted by molar-refractivity contribution is 0.208. The molecular weight excluding hydrogens is 260 g/mol. The molecule has 0 aromatic rings. The Hall–Kier alpha value is -0.860. The number of hydrogen-bond donors (Lipinski definition) is 2. The van der Waals surface area contributed by atoms with Gasteiger partial charge in [-0.3, -0.25) is 0 Å². The summed E-state index contributed by atoms with van der Waals surface area (Å²) in [6, 6.07) is 0. The first kappa shape index (κ1) is 22.4. The largest absolute Gasteiger partial charge is 0.392 e. The highest BCUT2D eigenvalue weighted by atomic mass is 16.3. The molecule has 0 saturated carbocycles. The lowest BCUT2D eigenvalue weighted by Crippen LogP contribution is -2.00. The molecular formula is C19H36O2. The highest BCUT2D eigenvalue weighted by molar-refractivity contribution is 5.01. The molecule has 0 aromatic carbocycles. The highest BCUT2D eigenvalue weighted by Crippen LogP contribution is 2.06. The van der Waals surface area contributed by atoms with Crippen molar-refractivity contribution >= 4 is 0 Å². The van der Waals surface area contributed by atoms with E-state index in [-0.39, 0.29) is 12.7 Å². The molecule has 0 rings (SSSR count). The molecule has 0 aliphatic carbocycles. The van der Waals surface area contributed by atoms with Crippen molar-refractivity contribution in [2.75, 3.05) is 6.61 Å². The van der Waals surface area contributed by atoms with Crippen LogP contribution < -0.4 is 0 Å². The molecule has 21 heavy (non-hydrogen) atoms. The monoisotopic (exact) mass is 296 g/mol. The summed E-state index contributed by atoms with van der Waals surface area (Å²) in [5, 5.41) is 17.6. The molecule has 1 atom stereocenters. The maximum absolute atomic E-state index is 9.04. The minimum atomic E-state index is -0.281. The molecule has 2 N–H and O–H groups in total. The number of aliphatic hydroxyl groups is 2. The van der Waals surface area contributed by atoms with Crippen molar-refractivity contribution in [1.29, 1.82) is 0 Å². The lowest BCUT2D eigenvalue weighted by Gasteiger charge is -2.02. The Balaban J connectivity index is 0. The highest BCUT2D eigenvalue weighted by Gasteiger charge is 1.95. The summed E-state index contributed by atoms with van der Waals surface area (Å²) in [5.74, 6) is 0. The van der Waals surface area contributed by atoms with E-state index in [0.29, 0.717) is 0 Å². The van der Waals surface area contributed by atoms with Gasteiger partial charge < -0.3 is 10.2 Å². The molecule has 0 spiro atoms. The maximum atomic E-state index is 9.04. The van der Waals surface area contributed by atoms with E-state index in [4.69, 9.17) is 10.2 Å². The summed E-state index contributed by atoms with van der Waals surface area (Å²) < 4.78 is 0. The average molecular weight is 296 g/mol. The fourth-order valence-corrected chi connectivity index (χ4v) is 1.74. The van der Waals surface area contributed by atoms with Crippen molar-refractivity contribution < 1.29 is 10.2 Å². The third kappa shape index (κ3) is 21.6. The van der Waals surface area contributed by atoms with Gasteiger partial charge in [-0.2, -0.15) is 0 Å². The van der Waals surface area contributed by atoms with Crippen molar-refractivity contribution in [1.82, 2.24) is 0 Å². The van der Waals surface area contributed by atoms with Gasteiger partial charge in [0, 0.05) is 0 Å². The normalized spacial score (nSPS) is 12.2. The Morgan fingerprint density at radius 2 is 1.76 bits per heavy atom. The van der Waals surface area contributed by atoms with Crippen molar-refractivity contribution in [2.24, 2.45) is 0 Å². The van der Waals surface area contributed by atoms with Gasteiger partial charge in [-0.25, -0.2) is 0 Å². The quantitative estimate of drug-likeness (QED) is 0.431. The fourth-order valence-electron chi connectivity index (χ4n) is 1.74. The predicted molar refractivity (Wildman–Crippen MR) is 94.5 cm³/mol. The second kappa shape index (κ2) is 17.2. The van der Waals surface area contributed by atoms with Gasteiger partial charge in [0.1, 0.15) is 0 Å². The molecule has 2 nitrogen and oxygen atoms in total. The Morgan fingerprint density at radius 3 is 2.24 bits per heavy atom. The first-order valence-electron chi connectivity index (χ1n) is 8.18. The third-order valence-electron chi connectivity index (χ3n) is 3.16. The molecule has 0 heterocycles. The Morgan fingerprint density at radius 1 is 1.10 bits per heavy atom. The molecule has 0 radical (unpaired) electrons. The first-order valence-corrected chi connectivity index (χ1v) is 8.18. The zero-order valence-electron chi connectivity index (χ0n) is 14.6. The molecule has 0 amide bonds. The fraction of sp³-hybridized carbons (Fsp3) is 0.684. The molecule has 0 fully saturated rings. The van der Waals surface area contributed by atoms with Crippen LogP contribution >= 0.6 is 0 Å². The second-order valence-corrected chi connectivity index (χ2v) is 5.71. The SMILES string of the molecule is C=CC(O)CCCCCC.CC(C)=CCC/C(C)=C/CO. The summed E-state index contributed by atoms with van der Waals surface area (Å²) in [4.78, 5) is 0. The van der Waals surface area contributed by atoms with Crippen LogP contribution in [0.5, 0.6) is 0 Å². The van der Waals surface area contributed by atoms with E-state index in [9.17, 15) is 0 Å². The van der Waals surface area contributed by atoms with Crippen molar-refractivity contribution in [3.63, 3.8) is 0 Å². The van der Waals surface area contributed by atoms with Crippen molar-refractivity contribution in [3.8, 4) is 0 Å². The Kier molecular flexibility index (Phi) is 18.4. The standard InChI is InChI=1S/C10H18O.C9H18O/c1-9(2)5-4-6-10(3)7-8-11;1-3-5-6-7-8-9(10)4-2/h5,7,11H,4,6,8H2,1-3H3;4,9-10H,2-3,5-8H2,1H3/b10-7+;. The summed E-state index contributed by atoms with van der Waals surface area (Å²) >= 11 is 0. The molecule has 0 aliphatic rings. The number of aliphatic hydroxyl groups excluding tert-OH is 2. The van der Waals surface area contributed by atoms with Crippen LogP contribution in [-0.4, -0.2) is 22.9 Å². The van der Waals surface area contributed by atoms with E-state index in [1.165, 1.54) is 30.4 Å². The smallest absolute Gasteiger partial charge is 0.0718 e. The van der Waals surface area contributed by atoms with E-state index < -0.39 is 0 Å². The van der Waals surface area contributed by atoms with Gasteiger partial charge >= 0.3 is 0 Å². The number of rotatable bonds is 10. The number of unbranched alkanes of at least 4 members (excludes halogenated alkanes) is 3. The van der Waals surface area contributed by atoms with Gasteiger partial charge in [0.15, 0.2) is 0 Å². The van der Waals surface area contributed by atoms with Crippen LogP contribution in [0.15, 0.2) is 36.0 Å². The molecule has 0 aromatic heterocycles. The predicted octanol–water partition coefficient (Wildman–Crippen LogP) is 5.18. The summed E-state index contributed by atoms with van der Waals surface area (Å²) in [5.41, 5.74) is 2.63. The molecule has 124 valence electrons. The van der Waals surface area contributed by atoms with Crippen molar-refractivity contribution in [2.45, 2.75) is 78.7 Å².